The third-order valence-corrected chi connectivity index (χ3v) is 7.02. The molecule has 4 aromatic rings. The number of carbonyl (C=O) groups excluding carboxylic acids is 1. The van der Waals surface area contributed by atoms with Crippen molar-refractivity contribution in [3.8, 4) is 11.4 Å². The van der Waals surface area contributed by atoms with E-state index in [2.05, 4.69) is 48.4 Å². The van der Waals surface area contributed by atoms with Gasteiger partial charge in [0.15, 0.2) is 11.0 Å². The number of rotatable bonds is 8. The highest BCUT2D eigenvalue weighted by Crippen LogP contribution is 2.27. The number of aromatic nitrogens is 3. The molecule has 1 amide bonds. The normalized spacial score (nSPS) is 11.4. The molecule has 0 spiro atoms. The van der Waals surface area contributed by atoms with E-state index in [1.807, 2.05) is 66.1 Å². The van der Waals surface area contributed by atoms with E-state index in [0.717, 1.165) is 17.0 Å². The van der Waals surface area contributed by atoms with Crippen LogP contribution in [0.1, 0.15) is 37.7 Å². The van der Waals surface area contributed by atoms with Gasteiger partial charge in [0.1, 0.15) is 12.4 Å². The first-order chi connectivity index (χ1) is 17.2. The molecule has 4 rings (SSSR count). The van der Waals surface area contributed by atoms with E-state index in [4.69, 9.17) is 16.3 Å². The second-order valence-electron chi connectivity index (χ2n) is 9.38. The SMILES string of the molecule is Cc1c(Cl)cccc1NC(=O)CSc1nnc(COc2ccc(C(C)(C)C)cc2)n1-c1ccccc1. The van der Waals surface area contributed by atoms with Gasteiger partial charge in [0.05, 0.1) is 5.75 Å². The largest absolute Gasteiger partial charge is 0.486 e. The molecule has 0 atom stereocenters. The number of halogens is 1. The molecule has 0 radical (unpaired) electrons. The Hall–Kier alpha value is -3.29. The fourth-order valence-corrected chi connectivity index (χ4v) is 4.53. The monoisotopic (exact) mass is 520 g/mol. The summed E-state index contributed by atoms with van der Waals surface area (Å²) in [5.74, 6) is 1.43. The number of hydrogen-bond acceptors (Lipinski definition) is 5. The molecule has 0 saturated heterocycles. The maximum Gasteiger partial charge on any atom is 0.234 e. The molecule has 186 valence electrons. The number of benzene rings is 3. The van der Waals surface area contributed by atoms with Gasteiger partial charge < -0.3 is 10.1 Å². The molecule has 0 aliphatic rings. The van der Waals surface area contributed by atoms with Gasteiger partial charge in [0, 0.05) is 16.4 Å². The summed E-state index contributed by atoms with van der Waals surface area (Å²) in [7, 11) is 0. The van der Waals surface area contributed by atoms with Crippen LogP contribution in [-0.4, -0.2) is 26.4 Å². The Morgan fingerprint density at radius 2 is 1.72 bits per heavy atom. The first-order valence-electron chi connectivity index (χ1n) is 11.6. The van der Waals surface area contributed by atoms with Gasteiger partial charge in [0.2, 0.25) is 5.91 Å². The maximum absolute atomic E-state index is 12.7. The zero-order valence-electron chi connectivity index (χ0n) is 20.8. The van der Waals surface area contributed by atoms with Crippen molar-refractivity contribution in [2.24, 2.45) is 0 Å². The highest BCUT2D eigenvalue weighted by atomic mass is 35.5. The summed E-state index contributed by atoms with van der Waals surface area (Å²) in [6, 6.07) is 23.4. The minimum atomic E-state index is -0.148. The summed E-state index contributed by atoms with van der Waals surface area (Å²) in [4.78, 5) is 12.7. The molecule has 6 nitrogen and oxygen atoms in total. The Morgan fingerprint density at radius 1 is 1.00 bits per heavy atom. The smallest absolute Gasteiger partial charge is 0.234 e. The first kappa shape index (κ1) is 25.8. The van der Waals surface area contributed by atoms with Crippen molar-refractivity contribution in [2.75, 3.05) is 11.1 Å². The molecule has 3 aromatic carbocycles. The van der Waals surface area contributed by atoms with Gasteiger partial charge in [-0.05, 0) is 59.9 Å². The van der Waals surface area contributed by atoms with E-state index in [1.165, 1.54) is 17.3 Å². The lowest BCUT2D eigenvalue weighted by atomic mass is 9.87. The molecule has 0 saturated carbocycles. The summed E-state index contributed by atoms with van der Waals surface area (Å²) < 4.78 is 7.96. The van der Waals surface area contributed by atoms with Gasteiger partial charge >= 0.3 is 0 Å². The van der Waals surface area contributed by atoms with Crippen molar-refractivity contribution in [3.05, 3.63) is 94.8 Å². The van der Waals surface area contributed by atoms with Crippen LogP contribution in [0, 0.1) is 6.92 Å². The number of nitrogens with zero attached hydrogens (tertiary/aromatic N) is 3. The van der Waals surface area contributed by atoms with Crippen molar-refractivity contribution in [1.29, 1.82) is 0 Å². The van der Waals surface area contributed by atoms with E-state index in [0.29, 0.717) is 21.7 Å². The molecule has 0 fully saturated rings. The van der Waals surface area contributed by atoms with Crippen LogP contribution in [0.5, 0.6) is 5.75 Å². The highest BCUT2D eigenvalue weighted by Gasteiger charge is 2.18. The van der Waals surface area contributed by atoms with Gasteiger partial charge in [-0.25, -0.2) is 0 Å². The molecular formula is C28H29ClN4O2S. The third-order valence-electron chi connectivity index (χ3n) is 5.68. The van der Waals surface area contributed by atoms with E-state index in [9.17, 15) is 4.79 Å². The van der Waals surface area contributed by atoms with Crippen LogP contribution in [0.2, 0.25) is 5.02 Å². The average molecular weight is 521 g/mol. The lowest BCUT2D eigenvalue weighted by Gasteiger charge is -2.19. The average Bonchev–Trinajstić information content (AvgIpc) is 3.27. The van der Waals surface area contributed by atoms with Gasteiger partial charge in [-0.15, -0.1) is 10.2 Å². The molecule has 0 unspecified atom stereocenters. The summed E-state index contributed by atoms with van der Waals surface area (Å²) in [6.07, 6.45) is 0. The van der Waals surface area contributed by atoms with Crippen LogP contribution >= 0.6 is 23.4 Å². The molecule has 8 heteroatoms. The van der Waals surface area contributed by atoms with E-state index in [1.54, 1.807) is 6.07 Å². The molecule has 36 heavy (non-hydrogen) atoms. The Balaban J connectivity index is 1.48. The second kappa shape index (κ2) is 11.2. The number of carbonyl (C=O) groups is 1. The highest BCUT2D eigenvalue weighted by molar-refractivity contribution is 7.99. The fraction of sp³-hybridized carbons (Fsp3) is 0.250. The fourth-order valence-electron chi connectivity index (χ4n) is 3.58. The molecule has 0 bridgehead atoms. The van der Waals surface area contributed by atoms with Crippen LogP contribution in [-0.2, 0) is 16.8 Å². The van der Waals surface area contributed by atoms with Crippen molar-refractivity contribution in [3.63, 3.8) is 0 Å². The van der Waals surface area contributed by atoms with Crippen molar-refractivity contribution in [1.82, 2.24) is 14.8 Å². The Morgan fingerprint density at radius 3 is 2.42 bits per heavy atom. The molecule has 1 N–H and O–H groups in total. The van der Waals surface area contributed by atoms with E-state index < -0.39 is 0 Å². The topological polar surface area (TPSA) is 69.0 Å². The zero-order valence-corrected chi connectivity index (χ0v) is 22.4. The Bertz CT molecular complexity index is 1330. The quantitative estimate of drug-likeness (QED) is 0.258. The predicted octanol–water partition coefficient (Wildman–Crippen LogP) is 6.84. The number of amides is 1. The summed E-state index contributed by atoms with van der Waals surface area (Å²) in [6.45, 7) is 8.66. The molecule has 1 aromatic heterocycles. The standard InChI is InChI=1S/C28H29ClN4O2S/c1-19-23(29)11-8-12-24(19)30-26(34)18-36-27-32-31-25(33(27)21-9-6-5-7-10-21)17-35-22-15-13-20(14-16-22)28(2,3)4/h5-16H,17-18H2,1-4H3,(H,30,34). The zero-order chi connectivity index (χ0) is 25.7. The number of thioether (sulfide) groups is 1. The lowest BCUT2D eigenvalue weighted by Crippen LogP contribution is -2.15. The van der Waals surface area contributed by atoms with Crippen LogP contribution < -0.4 is 10.1 Å². The maximum atomic E-state index is 12.7. The number of ether oxygens (including phenoxy) is 1. The second-order valence-corrected chi connectivity index (χ2v) is 10.7. The number of para-hydroxylation sites is 1. The number of anilines is 1. The van der Waals surface area contributed by atoms with Gasteiger partial charge in [-0.3, -0.25) is 9.36 Å². The molecule has 0 aliphatic heterocycles. The molecule has 0 aliphatic carbocycles. The Kier molecular flexibility index (Phi) is 8.01. The summed E-state index contributed by atoms with van der Waals surface area (Å²) >= 11 is 7.49. The molecule has 1 heterocycles. The van der Waals surface area contributed by atoms with Crippen LogP contribution in [0.15, 0.2) is 78.0 Å². The van der Waals surface area contributed by atoms with Gasteiger partial charge in [0.25, 0.3) is 0 Å². The van der Waals surface area contributed by atoms with E-state index >= 15 is 0 Å². The number of nitrogens with one attached hydrogen (secondary N) is 1. The molecular weight excluding hydrogens is 492 g/mol. The minimum absolute atomic E-state index is 0.0793. The van der Waals surface area contributed by atoms with Crippen molar-refractivity contribution < 1.29 is 9.53 Å². The van der Waals surface area contributed by atoms with Crippen LogP contribution in [0.25, 0.3) is 5.69 Å². The van der Waals surface area contributed by atoms with Crippen LogP contribution in [0.4, 0.5) is 5.69 Å². The number of hydrogen-bond donors (Lipinski definition) is 1. The van der Waals surface area contributed by atoms with Crippen LogP contribution in [0.3, 0.4) is 0 Å². The van der Waals surface area contributed by atoms with Gasteiger partial charge in [-0.2, -0.15) is 0 Å². The first-order valence-corrected chi connectivity index (χ1v) is 13.0. The van der Waals surface area contributed by atoms with E-state index in [-0.39, 0.29) is 23.7 Å². The summed E-state index contributed by atoms with van der Waals surface area (Å²) in [5.41, 5.74) is 3.75. The predicted molar refractivity (Wildman–Crippen MR) is 146 cm³/mol. The third kappa shape index (κ3) is 6.28. The summed E-state index contributed by atoms with van der Waals surface area (Å²) in [5, 5.41) is 12.9. The lowest BCUT2D eigenvalue weighted by molar-refractivity contribution is -0.113. The van der Waals surface area contributed by atoms with Crippen molar-refractivity contribution >= 4 is 35.0 Å². The van der Waals surface area contributed by atoms with Gasteiger partial charge in [-0.1, -0.05) is 80.5 Å². The Labute approximate surface area is 221 Å². The minimum Gasteiger partial charge on any atom is -0.486 e. The van der Waals surface area contributed by atoms with Crippen molar-refractivity contribution in [2.45, 2.75) is 44.9 Å².